The average molecular weight is 348 g/mol. The SMILES string of the molecule is C=C(Cl)Cl.C=CC(=O)OC.CCCOC(=O)C(O)=CCl. The minimum Gasteiger partial charge on any atom is -0.501 e. The van der Waals surface area contributed by atoms with Crippen LogP contribution in [0.3, 0.4) is 0 Å². The molecule has 0 aromatic heterocycles. The summed E-state index contributed by atoms with van der Waals surface area (Å²) < 4.78 is 8.76. The number of rotatable bonds is 4. The first kappa shape index (κ1) is 23.9. The predicted molar refractivity (Wildman–Crippen MR) is 80.9 cm³/mol. The zero-order chi connectivity index (χ0) is 16.6. The van der Waals surface area contributed by atoms with E-state index >= 15 is 0 Å². The normalized spacial score (nSPS) is 8.95. The fraction of sp³-hybridized carbons (Fsp3) is 0.333. The Morgan fingerprint density at radius 3 is 2.00 bits per heavy atom. The first-order valence-electron chi connectivity index (χ1n) is 5.13. The standard InChI is InChI=1S/C6H9ClO3.C4H6O2.C2H2Cl2/c1-2-3-10-6(9)5(8)4-7;1-3-4(5)6-2;1-2(3)4/h4,8H,2-3H2,1H3;3H,1H2,2H3;1H2. The summed E-state index contributed by atoms with van der Waals surface area (Å²) in [6.07, 6.45) is 1.83. The quantitative estimate of drug-likeness (QED) is 0.475. The van der Waals surface area contributed by atoms with Gasteiger partial charge in [0.2, 0.25) is 5.76 Å². The van der Waals surface area contributed by atoms with Gasteiger partial charge in [0.05, 0.1) is 23.7 Å². The van der Waals surface area contributed by atoms with Crippen molar-refractivity contribution < 1.29 is 24.2 Å². The summed E-state index contributed by atoms with van der Waals surface area (Å²) in [5.41, 5.74) is 0.776. The van der Waals surface area contributed by atoms with Crippen molar-refractivity contribution in [2.24, 2.45) is 0 Å². The second-order valence-electron chi connectivity index (χ2n) is 2.70. The molecule has 0 aromatic rings. The minimum atomic E-state index is -0.781. The molecule has 0 radical (unpaired) electrons. The fourth-order valence-corrected chi connectivity index (χ4v) is 0.486. The van der Waals surface area contributed by atoms with E-state index in [1.165, 1.54) is 7.11 Å². The minimum absolute atomic E-state index is 0.111. The third kappa shape index (κ3) is 25.6. The van der Waals surface area contributed by atoms with E-state index in [4.69, 9.17) is 39.9 Å². The summed E-state index contributed by atoms with van der Waals surface area (Å²) in [7, 11) is 1.31. The molecule has 0 heterocycles. The topological polar surface area (TPSA) is 72.8 Å². The Morgan fingerprint density at radius 1 is 1.35 bits per heavy atom. The van der Waals surface area contributed by atoms with Crippen molar-refractivity contribution in [2.75, 3.05) is 13.7 Å². The lowest BCUT2D eigenvalue weighted by atomic mass is 10.5. The number of hydrogen-bond acceptors (Lipinski definition) is 5. The maximum absolute atomic E-state index is 10.5. The van der Waals surface area contributed by atoms with Gasteiger partial charge in [0.25, 0.3) is 0 Å². The molecular weight excluding hydrogens is 330 g/mol. The molecule has 0 aliphatic carbocycles. The maximum atomic E-state index is 10.5. The Kier molecular flexibility index (Phi) is 21.3. The highest BCUT2D eigenvalue weighted by Gasteiger charge is 2.06. The van der Waals surface area contributed by atoms with Crippen molar-refractivity contribution in [1.82, 2.24) is 0 Å². The maximum Gasteiger partial charge on any atom is 0.374 e. The second kappa shape index (κ2) is 17.8. The van der Waals surface area contributed by atoms with Gasteiger partial charge in [-0.3, -0.25) is 0 Å². The summed E-state index contributed by atoms with van der Waals surface area (Å²) in [5, 5.41) is 8.61. The van der Waals surface area contributed by atoms with Gasteiger partial charge in [-0.05, 0) is 6.42 Å². The molecule has 8 heteroatoms. The number of methoxy groups -OCH3 is 1. The molecule has 5 nitrogen and oxygen atoms in total. The highest BCUT2D eigenvalue weighted by Crippen LogP contribution is 1.98. The molecule has 0 rings (SSSR count). The van der Waals surface area contributed by atoms with Gasteiger partial charge >= 0.3 is 11.9 Å². The molecule has 0 fully saturated rings. The van der Waals surface area contributed by atoms with Gasteiger partial charge in [0.1, 0.15) is 0 Å². The molecule has 116 valence electrons. The largest absolute Gasteiger partial charge is 0.501 e. The molecule has 20 heavy (non-hydrogen) atoms. The number of halogens is 3. The molecule has 0 atom stereocenters. The molecule has 0 amide bonds. The number of carbonyl (C=O) groups is 2. The van der Waals surface area contributed by atoms with Gasteiger partial charge in [0.15, 0.2) is 0 Å². The van der Waals surface area contributed by atoms with Crippen molar-refractivity contribution >= 4 is 46.7 Å². The molecule has 0 spiro atoms. The van der Waals surface area contributed by atoms with Crippen molar-refractivity contribution in [1.29, 1.82) is 0 Å². The third-order valence-corrected chi connectivity index (χ3v) is 1.32. The highest BCUT2D eigenvalue weighted by molar-refractivity contribution is 6.55. The lowest BCUT2D eigenvalue weighted by Crippen LogP contribution is -2.07. The first-order valence-corrected chi connectivity index (χ1v) is 6.32. The summed E-state index contributed by atoms with van der Waals surface area (Å²) in [6.45, 7) is 8.40. The van der Waals surface area contributed by atoms with E-state index in [-0.39, 0.29) is 4.49 Å². The van der Waals surface area contributed by atoms with Gasteiger partial charge in [-0.25, -0.2) is 9.59 Å². The van der Waals surface area contributed by atoms with E-state index < -0.39 is 17.7 Å². The number of carbonyl (C=O) groups excluding carboxylic acids is 2. The summed E-state index contributed by atoms with van der Waals surface area (Å²) in [4.78, 5) is 20.3. The Morgan fingerprint density at radius 2 is 1.80 bits per heavy atom. The monoisotopic (exact) mass is 346 g/mol. The van der Waals surface area contributed by atoms with Crippen LogP contribution in [0.2, 0.25) is 0 Å². The summed E-state index contributed by atoms with van der Waals surface area (Å²) >= 11 is 14.7. The van der Waals surface area contributed by atoms with Crippen LogP contribution in [-0.2, 0) is 19.1 Å². The van der Waals surface area contributed by atoms with E-state index in [2.05, 4.69) is 22.6 Å². The van der Waals surface area contributed by atoms with Crippen LogP contribution in [0.4, 0.5) is 0 Å². The fourth-order valence-electron chi connectivity index (χ4n) is 0.397. The number of hydrogen-bond donors (Lipinski definition) is 1. The zero-order valence-corrected chi connectivity index (χ0v) is 13.5. The summed E-state index contributed by atoms with van der Waals surface area (Å²) in [6, 6.07) is 0. The van der Waals surface area contributed by atoms with Gasteiger partial charge in [-0.1, -0.05) is 54.9 Å². The number of ether oxygens (including phenoxy) is 2. The lowest BCUT2D eigenvalue weighted by molar-refractivity contribution is -0.142. The third-order valence-electron chi connectivity index (χ3n) is 1.12. The van der Waals surface area contributed by atoms with Crippen LogP contribution in [0.1, 0.15) is 13.3 Å². The number of aliphatic hydroxyl groups is 1. The van der Waals surface area contributed by atoms with Crippen molar-refractivity contribution in [3.05, 3.63) is 35.0 Å². The molecule has 0 aliphatic heterocycles. The van der Waals surface area contributed by atoms with E-state index in [9.17, 15) is 9.59 Å². The number of aliphatic hydroxyl groups excluding tert-OH is 1. The molecule has 0 saturated carbocycles. The Hall–Kier alpha value is -1.17. The predicted octanol–water partition coefficient (Wildman–Crippen LogP) is 3.86. The van der Waals surface area contributed by atoms with Gasteiger partial charge in [-0.15, -0.1) is 0 Å². The van der Waals surface area contributed by atoms with Crippen LogP contribution in [0.5, 0.6) is 0 Å². The smallest absolute Gasteiger partial charge is 0.374 e. The van der Waals surface area contributed by atoms with Crippen molar-refractivity contribution in [3.8, 4) is 0 Å². The first-order chi connectivity index (χ1) is 9.26. The molecule has 0 unspecified atom stereocenters. The van der Waals surface area contributed by atoms with Crippen molar-refractivity contribution in [3.63, 3.8) is 0 Å². The van der Waals surface area contributed by atoms with Crippen LogP contribution in [0.15, 0.2) is 35.0 Å². The van der Waals surface area contributed by atoms with Gasteiger partial charge in [-0.2, -0.15) is 0 Å². The van der Waals surface area contributed by atoms with Crippen molar-refractivity contribution in [2.45, 2.75) is 13.3 Å². The van der Waals surface area contributed by atoms with Crippen LogP contribution in [0.25, 0.3) is 0 Å². The molecule has 0 aromatic carbocycles. The van der Waals surface area contributed by atoms with Gasteiger partial charge in [0, 0.05) is 6.08 Å². The summed E-state index contributed by atoms with van der Waals surface area (Å²) in [5.74, 6) is -1.73. The lowest BCUT2D eigenvalue weighted by Gasteiger charge is -1.99. The zero-order valence-electron chi connectivity index (χ0n) is 11.2. The van der Waals surface area contributed by atoms with Gasteiger partial charge < -0.3 is 14.6 Å². The molecular formula is C12H17Cl3O5. The van der Waals surface area contributed by atoms with Crippen LogP contribution < -0.4 is 0 Å². The molecule has 0 saturated heterocycles. The van der Waals surface area contributed by atoms with E-state index in [0.29, 0.717) is 6.61 Å². The molecule has 0 bridgehead atoms. The van der Waals surface area contributed by atoms with E-state index in [0.717, 1.165) is 18.0 Å². The Labute approximate surface area is 133 Å². The van der Waals surface area contributed by atoms with E-state index in [1.807, 2.05) is 6.92 Å². The number of esters is 2. The Balaban J connectivity index is -0.000000246. The molecule has 1 N–H and O–H groups in total. The second-order valence-corrected chi connectivity index (χ2v) is 4.02. The average Bonchev–Trinajstić information content (AvgIpc) is 2.42. The van der Waals surface area contributed by atoms with Crippen LogP contribution in [-0.4, -0.2) is 30.8 Å². The van der Waals surface area contributed by atoms with Crippen LogP contribution in [0, 0.1) is 0 Å². The molecule has 0 aliphatic rings. The van der Waals surface area contributed by atoms with Crippen LogP contribution >= 0.6 is 34.8 Å². The highest BCUT2D eigenvalue weighted by atomic mass is 35.5. The van der Waals surface area contributed by atoms with E-state index in [1.54, 1.807) is 0 Å². The Bertz CT molecular complexity index is 336.